The SMILES string of the molecule is COB1CCc2ccc(OC)c(P(=O)(O)O)c2O1. The van der Waals surface area contributed by atoms with Crippen LogP contribution >= 0.6 is 7.60 Å². The van der Waals surface area contributed by atoms with E-state index in [1.165, 1.54) is 14.2 Å². The minimum Gasteiger partial charge on any atom is -0.535 e. The van der Waals surface area contributed by atoms with Crippen LogP contribution in [-0.4, -0.2) is 31.1 Å². The van der Waals surface area contributed by atoms with Crippen molar-refractivity contribution in [3.63, 3.8) is 0 Å². The van der Waals surface area contributed by atoms with E-state index in [1.807, 2.05) is 0 Å². The van der Waals surface area contributed by atoms with Crippen molar-refractivity contribution < 1.29 is 28.4 Å². The Labute approximate surface area is 105 Å². The van der Waals surface area contributed by atoms with E-state index in [2.05, 4.69) is 0 Å². The molecule has 0 atom stereocenters. The lowest BCUT2D eigenvalue weighted by Gasteiger charge is -2.25. The summed E-state index contributed by atoms with van der Waals surface area (Å²) in [7, 11) is -2.11. The molecule has 2 rings (SSSR count). The molecule has 0 spiro atoms. The number of methoxy groups -OCH3 is 1. The third kappa shape index (κ3) is 2.40. The number of benzene rings is 1. The summed E-state index contributed by atoms with van der Waals surface area (Å²) in [4.78, 5) is 18.9. The van der Waals surface area contributed by atoms with Gasteiger partial charge in [-0.2, -0.15) is 0 Å². The average Bonchev–Trinajstić information content (AvgIpc) is 2.35. The molecule has 1 aromatic carbocycles. The summed E-state index contributed by atoms with van der Waals surface area (Å²) in [6.07, 6.45) is 1.29. The molecule has 1 aliphatic heterocycles. The van der Waals surface area contributed by atoms with Gasteiger partial charge in [0.05, 0.1) is 7.11 Å². The first-order valence-electron chi connectivity index (χ1n) is 5.42. The van der Waals surface area contributed by atoms with E-state index in [1.54, 1.807) is 12.1 Å². The Morgan fingerprint density at radius 1 is 1.39 bits per heavy atom. The summed E-state index contributed by atoms with van der Waals surface area (Å²) in [6.45, 7) is 0. The Morgan fingerprint density at radius 2 is 2.11 bits per heavy atom. The van der Waals surface area contributed by atoms with Crippen LogP contribution in [0.25, 0.3) is 0 Å². The highest BCUT2D eigenvalue weighted by molar-refractivity contribution is 7.60. The van der Waals surface area contributed by atoms with Crippen LogP contribution in [0.5, 0.6) is 11.5 Å². The number of rotatable bonds is 3. The molecule has 0 amide bonds. The van der Waals surface area contributed by atoms with E-state index in [-0.39, 0.29) is 16.8 Å². The van der Waals surface area contributed by atoms with E-state index < -0.39 is 14.7 Å². The quantitative estimate of drug-likeness (QED) is 0.618. The van der Waals surface area contributed by atoms with E-state index in [0.29, 0.717) is 12.7 Å². The van der Waals surface area contributed by atoms with Crippen molar-refractivity contribution in [2.45, 2.75) is 12.7 Å². The van der Waals surface area contributed by atoms with Crippen LogP contribution in [0, 0.1) is 0 Å². The first kappa shape index (κ1) is 13.4. The van der Waals surface area contributed by atoms with Gasteiger partial charge in [0.15, 0.2) is 0 Å². The van der Waals surface area contributed by atoms with Crippen molar-refractivity contribution in [2.75, 3.05) is 14.2 Å². The Bertz CT molecular complexity index is 499. The molecule has 1 aliphatic rings. The van der Waals surface area contributed by atoms with Gasteiger partial charge in [0, 0.05) is 7.11 Å². The highest BCUT2D eigenvalue weighted by Crippen LogP contribution is 2.44. The molecule has 1 heterocycles. The zero-order valence-electron chi connectivity index (χ0n) is 10.1. The molecule has 98 valence electrons. The normalized spacial score (nSPS) is 15.0. The lowest BCUT2D eigenvalue weighted by atomic mass is 9.78. The first-order valence-corrected chi connectivity index (χ1v) is 7.04. The van der Waals surface area contributed by atoms with Crippen molar-refractivity contribution in [3.8, 4) is 11.5 Å². The Kier molecular flexibility index (Phi) is 3.68. The zero-order valence-corrected chi connectivity index (χ0v) is 11.0. The molecule has 0 aromatic heterocycles. The lowest BCUT2D eigenvalue weighted by molar-refractivity contribution is 0.323. The minimum absolute atomic E-state index is 0.124. The van der Waals surface area contributed by atoms with Crippen molar-refractivity contribution in [1.29, 1.82) is 0 Å². The van der Waals surface area contributed by atoms with Gasteiger partial charge in [-0.15, -0.1) is 0 Å². The Hall–Kier alpha value is -1.01. The predicted molar refractivity (Wildman–Crippen MR) is 66.6 cm³/mol. The van der Waals surface area contributed by atoms with Gasteiger partial charge < -0.3 is 23.8 Å². The van der Waals surface area contributed by atoms with Crippen LogP contribution < -0.4 is 14.7 Å². The fraction of sp³-hybridized carbons (Fsp3) is 0.400. The zero-order chi connectivity index (χ0) is 13.3. The summed E-state index contributed by atoms with van der Waals surface area (Å²) in [6, 6.07) is 3.29. The number of hydrogen-bond donors (Lipinski definition) is 2. The lowest BCUT2D eigenvalue weighted by Crippen LogP contribution is -2.32. The number of ether oxygens (including phenoxy) is 1. The highest BCUT2D eigenvalue weighted by atomic mass is 31.2. The molecular weight excluding hydrogens is 258 g/mol. The fourth-order valence-corrected chi connectivity index (χ4v) is 2.91. The molecule has 6 nitrogen and oxygen atoms in total. The molecule has 0 saturated heterocycles. The maximum Gasteiger partial charge on any atom is 0.525 e. The molecule has 1 aromatic rings. The molecule has 18 heavy (non-hydrogen) atoms. The summed E-state index contributed by atoms with van der Waals surface area (Å²) in [5.41, 5.74) is 0.752. The van der Waals surface area contributed by atoms with Crippen LogP contribution in [0.4, 0.5) is 0 Å². The van der Waals surface area contributed by atoms with Gasteiger partial charge in [0.25, 0.3) is 0 Å². The maximum atomic E-state index is 11.6. The van der Waals surface area contributed by atoms with Crippen LogP contribution in [0.3, 0.4) is 0 Å². The molecule has 0 aliphatic carbocycles. The summed E-state index contributed by atoms with van der Waals surface area (Å²) >= 11 is 0. The highest BCUT2D eigenvalue weighted by Gasteiger charge is 2.35. The Morgan fingerprint density at radius 3 is 2.67 bits per heavy atom. The smallest absolute Gasteiger partial charge is 0.525 e. The monoisotopic (exact) mass is 272 g/mol. The minimum atomic E-state index is -4.48. The second-order valence-electron chi connectivity index (χ2n) is 3.97. The van der Waals surface area contributed by atoms with E-state index >= 15 is 0 Å². The van der Waals surface area contributed by atoms with Gasteiger partial charge in [0.1, 0.15) is 16.8 Å². The van der Waals surface area contributed by atoms with Crippen LogP contribution in [0.2, 0.25) is 6.32 Å². The van der Waals surface area contributed by atoms with E-state index in [4.69, 9.17) is 14.0 Å². The molecule has 0 fully saturated rings. The fourth-order valence-electron chi connectivity index (χ4n) is 1.99. The van der Waals surface area contributed by atoms with E-state index in [0.717, 1.165) is 5.56 Å². The molecule has 2 N–H and O–H groups in total. The second-order valence-corrected chi connectivity index (χ2v) is 5.51. The van der Waals surface area contributed by atoms with Crippen molar-refractivity contribution in [3.05, 3.63) is 17.7 Å². The standard InChI is InChI=1S/C10H14BO6P/c1-15-8-4-3-7-5-6-11(16-2)17-9(7)10(8)18(12,13)14/h3-4H,5-6H2,1-2H3,(H2,12,13,14). The van der Waals surface area contributed by atoms with Gasteiger partial charge >= 0.3 is 14.7 Å². The van der Waals surface area contributed by atoms with E-state index in [9.17, 15) is 14.4 Å². The third-order valence-electron chi connectivity index (χ3n) is 2.85. The maximum absolute atomic E-state index is 11.6. The molecular formula is C10H14BO6P. The van der Waals surface area contributed by atoms with Crippen molar-refractivity contribution in [2.24, 2.45) is 0 Å². The topological polar surface area (TPSA) is 85.2 Å². The Balaban J connectivity index is 2.58. The van der Waals surface area contributed by atoms with Crippen LogP contribution in [0.1, 0.15) is 5.56 Å². The predicted octanol–water partition coefficient (Wildman–Crippen LogP) is 0.568. The largest absolute Gasteiger partial charge is 0.535 e. The van der Waals surface area contributed by atoms with Crippen molar-refractivity contribution >= 4 is 20.0 Å². The first-order chi connectivity index (χ1) is 8.47. The van der Waals surface area contributed by atoms with Gasteiger partial charge in [-0.05, 0) is 24.4 Å². The van der Waals surface area contributed by atoms with Gasteiger partial charge in [-0.3, -0.25) is 4.57 Å². The average molecular weight is 272 g/mol. The molecule has 0 bridgehead atoms. The molecule has 8 heteroatoms. The summed E-state index contributed by atoms with van der Waals surface area (Å²) < 4.78 is 27.1. The van der Waals surface area contributed by atoms with Crippen LogP contribution in [-0.2, 0) is 15.6 Å². The molecule has 0 saturated carbocycles. The third-order valence-corrected chi connectivity index (χ3v) is 3.85. The molecule has 0 radical (unpaired) electrons. The van der Waals surface area contributed by atoms with Gasteiger partial charge in [-0.1, -0.05) is 6.07 Å². The molecule has 0 unspecified atom stereocenters. The van der Waals surface area contributed by atoms with Gasteiger partial charge in [0.2, 0.25) is 0 Å². The van der Waals surface area contributed by atoms with Crippen LogP contribution in [0.15, 0.2) is 12.1 Å². The summed E-state index contributed by atoms with van der Waals surface area (Å²) in [5, 5.41) is -0.204. The number of hydrogen-bond acceptors (Lipinski definition) is 4. The second kappa shape index (κ2) is 4.94. The van der Waals surface area contributed by atoms with Crippen molar-refractivity contribution in [1.82, 2.24) is 0 Å². The summed E-state index contributed by atoms with van der Waals surface area (Å²) in [5.74, 6) is 0.305. The number of aryl methyl sites for hydroxylation is 1. The number of fused-ring (bicyclic) bond motifs is 1. The van der Waals surface area contributed by atoms with Gasteiger partial charge in [-0.25, -0.2) is 0 Å².